The van der Waals surface area contributed by atoms with Crippen molar-refractivity contribution in [2.75, 3.05) is 19.6 Å². The molecule has 1 saturated heterocycles. The summed E-state index contributed by atoms with van der Waals surface area (Å²) in [4.78, 5) is 24.2. The summed E-state index contributed by atoms with van der Waals surface area (Å²) >= 11 is 0. The average molecular weight is 242 g/mol. The quantitative estimate of drug-likeness (QED) is 0.635. The van der Waals surface area contributed by atoms with Gasteiger partial charge in [0.05, 0.1) is 13.1 Å². The number of carbonyl (C=O) groups is 2. The summed E-state index contributed by atoms with van der Waals surface area (Å²) in [6, 6.07) is -0.340. The van der Waals surface area contributed by atoms with E-state index in [0.29, 0.717) is 6.54 Å². The second kappa shape index (κ2) is 7.27. The lowest BCUT2D eigenvalue weighted by molar-refractivity contribution is -0.891. The van der Waals surface area contributed by atoms with Crippen LogP contribution < -0.4 is 15.5 Å². The van der Waals surface area contributed by atoms with Crippen LogP contribution in [0.4, 0.5) is 4.79 Å². The Kier molecular flexibility index (Phi) is 5.97. The minimum Gasteiger partial charge on any atom is -0.336 e. The molecule has 1 aliphatic heterocycles. The van der Waals surface area contributed by atoms with Gasteiger partial charge in [-0.3, -0.25) is 10.1 Å². The molecule has 98 valence electrons. The minimum absolute atomic E-state index is 0.0494. The Balaban J connectivity index is 2.25. The molecule has 1 heterocycles. The Morgan fingerprint density at radius 2 is 1.71 bits per heavy atom. The highest BCUT2D eigenvalue weighted by molar-refractivity contribution is 5.94. The third-order valence-electron chi connectivity index (χ3n) is 2.89. The zero-order valence-electron chi connectivity index (χ0n) is 10.8. The maximum absolute atomic E-state index is 11.6. The first kappa shape index (κ1) is 14.0. The highest BCUT2D eigenvalue weighted by Gasteiger charge is 2.17. The van der Waals surface area contributed by atoms with Crippen LogP contribution >= 0.6 is 0 Å². The number of likely N-dealkylation sites (tertiary alicyclic amines) is 1. The van der Waals surface area contributed by atoms with Crippen LogP contribution in [0.1, 0.15) is 39.5 Å². The molecule has 17 heavy (non-hydrogen) atoms. The van der Waals surface area contributed by atoms with Gasteiger partial charge in [0.1, 0.15) is 0 Å². The average Bonchev–Trinajstić information content (AvgIpc) is 2.44. The minimum atomic E-state index is -0.390. The third kappa shape index (κ3) is 6.26. The standard InChI is InChI=1S/C12H23N3O2/c1-10(2)13-12(17)14-11(16)9-15-7-5-3-4-6-8-15/h10H,3-9H2,1-2H3,(H2,13,14,16,17)/p+1. The summed E-state index contributed by atoms with van der Waals surface area (Å²) in [7, 11) is 0. The van der Waals surface area contributed by atoms with E-state index in [-0.39, 0.29) is 18.0 Å². The summed E-state index contributed by atoms with van der Waals surface area (Å²) in [6.07, 6.45) is 4.89. The Morgan fingerprint density at radius 1 is 1.12 bits per heavy atom. The number of hydrogen-bond acceptors (Lipinski definition) is 2. The lowest BCUT2D eigenvalue weighted by Gasteiger charge is -2.16. The molecule has 0 aromatic carbocycles. The van der Waals surface area contributed by atoms with Gasteiger partial charge < -0.3 is 10.2 Å². The van der Waals surface area contributed by atoms with Gasteiger partial charge in [-0.1, -0.05) is 0 Å². The first-order chi connectivity index (χ1) is 8.08. The molecule has 5 nitrogen and oxygen atoms in total. The van der Waals surface area contributed by atoms with Gasteiger partial charge in [-0.25, -0.2) is 4.79 Å². The summed E-state index contributed by atoms with van der Waals surface area (Å²) in [6.45, 7) is 6.22. The van der Waals surface area contributed by atoms with Crippen molar-refractivity contribution in [3.63, 3.8) is 0 Å². The van der Waals surface area contributed by atoms with Gasteiger partial charge in [0, 0.05) is 6.04 Å². The van der Waals surface area contributed by atoms with E-state index in [0.717, 1.165) is 13.1 Å². The van der Waals surface area contributed by atoms with Crippen LogP contribution in [0.2, 0.25) is 0 Å². The number of amides is 3. The van der Waals surface area contributed by atoms with Gasteiger partial charge >= 0.3 is 6.03 Å². The van der Waals surface area contributed by atoms with Crippen LogP contribution in [-0.4, -0.2) is 37.6 Å². The molecular formula is C12H24N3O2+. The molecule has 3 N–H and O–H groups in total. The van der Waals surface area contributed by atoms with E-state index in [9.17, 15) is 9.59 Å². The van der Waals surface area contributed by atoms with E-state index in [4.69, 9.17) is 0 Å². The van der Waals surface area contributed by atoms with Gasteiger partial charge in [0.15, 0.2) is 6.54 Å². The van der Waals surface area contributed by atoms with Crippen molar-refractivity contribution >= 4 is 11.9 Å². The van der Waals surface area contributed by atoms with Crippen LogP contribution in [0.25, 0.3) is 0 Å². The first-order valence-electron chi connectivity index (χ1n) is 6.52. The number of carbonyl (C=O) groups excluding carboxylic acids is 2. The van der Waals surface area contributed by atoms with E-state index in [1.807, 2.05) is 13.8 Å². The van der Waals surface area contributed by atoms with Crippen LogP contribution in [0, 0.1) is 0 Å². The van der Waals surface area contributed by atoms with Crippen LogP contribution in [0.5, 0.6) is 0 Å². The molecule has 0 aromatic rings. The fraction of sp³-hybridized carbons (Fsp3) is 0.833. The SMILES string of the molecule is CC(C)NC(=O)NC(=O)C[NH+]1CCCCCC1. The van der Waals surface area contributed by atoms with Crippen molar-refractivity contribution < 1.29 is 14.5 Å². The van der Waals surface area contributed by atoms with Gasteiger partial charge in [-0.15, -0.1) is 0 Å². The van der Waals surface area contributed by atoms with Crippen molar-refractivity contribution in [3.05, 3.63) is 0 Å². The molecule has 0 bridgehead atoms. The molecule has 0 unspecified atom stereocenters. The van der Waals surface area contributed by atoms with Crippen molar-refractivity contribution in [1.29, 1.82) is 0 Å². The number of nitrogens with one attached hydrogen (secondary N) is 3. The third-order valence-corrected chi connectivity index (χ3v) is 2.89. The van der Waals surface area contributed by atoms with Crippen molar-refractivity contribution in [3.8, 4) is 0 Å². The van der Waals surface area contributed by atoms with Crippen LogP contribution in [0.15, 0.2) is 0 Å². The normalized spacial score (nSPS) is 17.6. The second-order valence-electron chi connectivity index (χ2n) is 5.02. The second-order valence-corrected chi connectivity index (χ2v) is 5.02. The Bertz CT molecular complexity index is 258. The summed E-state index contributed by atoms with van der Waals surface area (Å²) in [5.41, 5.74) is 0. The molecule has 1 rings (SSSR count). The lowest BCUT2D eigenvalue weighted by atomic mass is 10.2. The zero-order valence-corrected chi connectivity index (χ0v) is 10.8. The van der Waals surface area contributed by atoms with E-state index >= 15 is 0 Å². The molecule has 0 radical (unpaired) electrons. The molecule has 0 atom stereocenters. The summed E-state index contributed by atoms with van der Waals surface area (Å²) in [5, 5.41) is 5.01. The van der Waals surface area contributed by atoms with Gasteiger partial charge in [0.2, 0.25) is 0 Å². The maximum atomic E-state index is 11.6. The van der Waals surface area contributed by atoms with Crippen LogP contribution in [-0.2, 0) is 4.79 Å². The van der Waals surface area contributed by atoms with Crippen LogP contribution in [0.3, 0.4) is 0 Å². The molecule has 1 aliphatic rings. The zero-order chi connectivity index (χ0) is 12.7. The summed E-state index contributed by atoms with van der Waals surface area (Å²) in [5.74, 6) is -0.181. The van der Waals surface area contributed by atoms with Gasteiger partial charge in [0.25, 0.3) is 5.91 Å². The molecule has 0 aromatic heterocycles. The Morgan fingerprint density at radius 3 is 2.24 bits per heavy atom. The van der Waals surface area contributed by atoms with Crippen molar-refractivity contribution in [1.82, 2.24) is 10.6 Å². The number of urea groups is 1. The summed E-state index contributed by atoms with van der Waals surface area (Å²) < 4.78 is 0. The van der Waals surface area contributed by atoms with Gasteiger partial charge in [-0.05, 0) is 39.5 Å². The number of imide groups is 1. The lowest BCUT2D eigenvalue weighted by Crippen LogP contribution is -3.13. The first-order valence-corrected chi connectivity index (χ1v) is 6.52. The van der Waals surface area contributed by atoms with Crippen molar-refractivity contribution in [2.45, 2.75) is 45.6 Å². The molecule has 3 amide bonds. The predicted molar refractivity (Wildman–Crippen MR) is 65.8 cm³/mol. The molecule has 0 aliphatic carbocycles. The molecule has 5 heteroatoms. The number of quaternary nitrogens is 1. The van der Waals surface area contributed by atoms with E-state index in [1.165, 1.54) is 30.6 Å². The Hall–Kier alpha value is -1.10. The fourth-order valence-corrected chi connectivity index (χ4v) is 2.10. The van der Waals surface area contributed by atoms with E-state index < -0.39 is 0 Å². The maximum Gasteiger partial charge on any atom is 0.321 e. The molecular weight excluding hydrogens is 218 g/mol. The molecule has 0 spiro atoms. The Labute approximate surface area is 103 Å². The van der Waals surface area contributed by atoms with E-state index in [2.05, 4.69) is 10.6 Å². The monoisotopic (exact) mass is 242 g/mol. The van der Waals surface area contributed by atoms with Gasteiger partial charge in [-0.2, -0.15) is 0 Å². The fourth-order valence-electron chi connectivity index (χ4n) is 2.10. The van der Waals surface area contributed by atoms with E-state index in [1.54, 1.807) is 0 Å². The number of hydrogen-bond donors (Lipinski definition) is 3. The van der Waals surface area contributed by atoms with Crippen molar-refractivity contribution in [2.24, 2.45) is 0 Å². The number of rotatable bonds is 3. The highest BCUT2D eigenvalue weighted by atomic mass is 16.2. The topological polar surface area (TPSA) is 62.6 Å². The molecule has 0 saturated carbocycles. The highest BCUT2D eigenvalue weighted by Crippen LogP contribution is 1.98. The predicted octanol–water partition coefficient (Wildman–Crippen LogP) is -0.320. The smallest absolute Gasteiger partial charge is 0.321 e. The largest absolute Gasteiger partial charge is 0.336 e. The molecule has 1 fully saturated rings.